The maximum Gasteiger partial charge on any atom is 0.394 e. The van der Waals surface area contributed by atoms with Crippen molar-refractivity contribution in [3.63, 3.8) is 0 Å². The topological polar surface area (TPSA) is 128 Å². The number of nitrogens with one attached hydrogen (secondary N) is 2. The summed E-state index contributed by atoms with van der Waals surface area (Å²) < 4.78 is 34.0. The van der Waals surface area contributed by atoms with Gasteiger partial charge in [-0.05, 0) is 31.2 Å². The van der Waals surface area contributed by atoms with Crippen LogP contribution in [0, 0.1) is 12.1 Å². The Bertz CT molecular complexity index is 1420. The van der Waals surface area contributed by atoms with Crippen LogP contribution in [0.25, 0.3) is 11.3 Å². The molecule has 2 aromatic carbocycles. The molecule has 0 atom stereocenters. The third-order valence-electron chi connectivity index (χ3n) is 4.59. The molecule has 168 valence electrons. The van der Waals surface area contributed by atoms with Crippen molar-refractivity contribution in [1.29, 1.82) is 0 Å². The fourth-order valence-corrected chi connectivity index (χ4v) is 4.43. The molecule has 2 heterocycles. The molecule has 0 bridgehead atoms. The molecule has 0 aliphatic rings. The Hall–Kier alpha value is -3.89. The molecule has 4 aromatic rings. The summed E-state index contributed by atoms with van der Waals surface area (Å²) in [5, 5.41) is 15.1. The quantitative estimate of drug-likeness (QED) is 0.314. The molecule has 33 heavy (non-hydrogen) atoms. The normalized spacial score (nSPS) is 11.2. The highest BCUT2D eigenvalue weighted by Crippen LogP contribution is 2.23. The highest BCUT2D eigenvalue weighted by Gasteiger charge is 2.25. The van der Waals surface area contributed by atoms with Crippen LogP contribution in [-0.2, 0) is 10.0 Å². The van der Waals surface area contributed by atoms with E-state index in [0.29, 0.717) is 15.5 Å². The summed E-state index contributed by atoms with van der Waals surface area (Å²) in [5.74, 6) is -1.02. The first-order valence-corrected chi connectivity index (χ1v) is 11.4. The van der Waals surface area contributed by atoms with Crippen molar-refractivity contribution >= 4 is 39.0 Å². The van der Waals surface area contributed by atoms with Gasteiger partial charge in [-0.2, -0.15) is 0 Å². The molecule has 0 fully saturated rings. The fraction of sp³-hybridized carbons (Fsp3) is 0.0455. The second-order valence-electron chi connectivity index (χ2n) is 6.99. The van der Waals surface area contributed by atoms with Crippen LogP contribution in [-0.4, -0.2) is 19.3 Å². The lowest BCUT2D eigenvalue weighted by molar-refractivity contribution is -0.590. The zero-order valence-corrected chi connectivity index (χ0v) is 18.7. The summed E-state index contributed by atoms with van der Waals surface area (Å²) in [4.78, 5) is 16.3. The maximum absolute atomic E-state index is 12.9. The molecule has 9 nitrogen and oxygen atoms in total. The van der Waals surface area contributed by atoms with Crippen molar-refractivity contribution in [3.8, 4) is 11.3 Å². The van der Waals surface area contributed by atoms with Crippen LogP contribution >= 0.6 is 11.6 Å². The minimum Gasteiger partial charge on any atom is -0.711 e. The first kappa shape index (κ1) is 22.3. The van der Waals surface area contributed by atoms with Crippen molar-refractivity contribution < 1.29 is 22.4 Å². The number of hydrogen-bond donors (Lipinski definition) is 2. The van der Waals surface area contributed by atoms with E-state index in [1.807, 2.05) is 18.2 Å². The number of aromatic nitrogens is 2. The van der Waals surface area contributed by atoms with Crippen molar-refractivity contribution in [1.82, 2.24) is 4.98 Å². The second kappa shape index (κ2) is 8.93. The minimum absolute atomic E-state index is 0.183. The Balaban J connectivity index is 1.59. The van der Waals surface area contributed by atoms with Crippen LogP contribution in [0.15, 0.2) is 82.4 Å². The molecule has 0 aliphatic carbocycles. The number of carbonyl (C=O) groups is 1. The second-order valence-corrected chi connectivity index (χ2v) is 9.08. The number of aryl methyl sites for hydroxylation is 1. The number of sulfonamides is 1. The fourth-order valence-electron chi connectivity index (χ4n) is 3.00. The van der Waals surface area contributed by atoms with Gasteiger partial charge in [0, 0.05) is 27.9 Å². The lowest BCUT2D eigenvalue weighted by atomic mass is 10.2. The lowest BCUT2D eigenvalue weighted by Gasteiger charge is -2.14. The number of benzene rings is 2. The van der Waals surface area contributed by atoms with Gasteiger partial charge >= 0.3 is 11.8 Å². The van der Waals surface area contributed by atoms with E-state index < -0.39 is 15.9 Å². The highest BCUT2D eigenvalue weighted by molar-refractivity contribution is 7.92. The van der Waals surface area contributed by atoms with Crippen LogP contribution in [0.1, 0.15) is 16.2 Å². The Morgan fingerprint density at radius 1 is 1.12 bits per heavy atom. The van der Waals surface area contributed by atoms with Gasteiger partial charge in [0.15, 0.2) is 5.76 Å². The molecule has 0 saturated heterocycles. The van der Waals surface area contributed by atoms with Crippen LogP contribution in [0.4, 0.5) is 11.5 Å². The molecule has 0 unspecified atom stereocenters. The van der Waals surface area contributed by atoms with E-state index in [1.165, 1.54) is 37.4 Å². The first-order chi connectivity index (χ1) is 15.7. The smallest absolute Gasteiger partial charge is 0.394 e. The van der Waals surface area contributed by atoms with Crippen LogP contribution in [0.3, 0.4) is 0 Å². The van der Waals surface area contributed by atoms with E-state index in [4.69, 9.17) is 16.0 Å². The zero-order valence-electron chi connectivity index (χ0n) is 17.2. The van der Waals surface area contributed by atoms with Gasteiger partial charge < -0.3 is 9.62 Å². The molecule has 2 N–H and O–H groups in total. The summed E-state index contributed by atoms with van der Waals surface area (Å²) in [7, 11) is -4.06. The number of oxazole rings is 1. The Labute approximate surface area is 194 Å². The average molecular weight is 485 g/mol. The molecule has 0 aliphatic heterocycles. The Morgan fingerprint density at radius 3 is 2.52 bits per heavy atom. The number of hydrogen-bond acceptors (Lipinski definition) is 6. The summed E-state index contributed by atoms with van der Waals surface area (Å²) >= 11 is 5.83. The zero-order chi connectivity index (χ0) is 23.6. The SMILES string of the molecule is Cc1c[n+]([O-])c(NC(=O)c2ncc(-c3ccccc3)o2)cc1S(=O)(=O)Nc1ccc(Cl)cc1. The number of nitrogens with zero attached hydrogens (tertiary/aromatic N) is 2. The summed E-state index contributed by atoms with van der Waals surface area (Å²) in [5.41, 5.74) is 1.20. The van der Waals surface area contributed by atoms with E-state index in [0.717, 1.165) is 17.8 Å². The molecule has 0 saturated carbocycles. The number of rotatable bonds is 6. The molecule has 11 heteroatoms. The van der Waals surface area contributed by atoms with E-state index in [9.17, 15) is 18.4 Å². The monoisotopic (exact) mass is 484 g/mol. The van der Waals surface area contributed by atoms with Gasteiger partial charge in [0.1, 0.15) is 4.90 Å². The third-order valence-corrected chi connectivity index (χ3v) is 6.37. The number of amides is 1. The van der Waals surface area contributed by atoms with E-state index in [1.54, 1.807) is 12.1 Å². The van der Waals surface area contributed by atoms with E-state index in [-0.39, 0.29) is 27.9 Å². The predicted octanol–water partition coefficient (Wildman–Crippen LogP) is 3.99. The Morgan fingerprint density at radius 2 is 1.82 bits per heavy atom. The molecule has 4 rings (SSSR count). The molecule has 1 amide bonds. The predicted molar refractivity (Wildman–Crippen MR) is 122 cm³/mol. The maximum atomic E-state index is 12.9. The van der Waals surface area contributed by atoms with Gasteiger partial charge in [-0.15, -0.1) is 0 Å². The molecule has 0 spiro atoms. The van der Waals surface area contributed by atoms with Gasteiger partial charge in [0.05, 0.1) is 12.4 Å². The summed E-state index contributed by atoms with van der Waals surface area (Å²) in [6, 6.07) is 16.2. The third kappa shape index (κ3) is 4.97. The molecule has 0 radical (unpaired) electrons. The van der Waals surface area contributed by atoms with Crippen LogP contribution in [0.5, 0.6) is 0 Å². The number of halogens is 1. The molecule has 2 aromatic heterocycles. The van der Waals surface area contributed by atoms with Crippen molar-refractivity contribution in [3.05, 3.63) is 94.7 Å². The number of anilines is 2. The van der Waals surface area contributed by atoms with Crippen molar-refractivity contribution in [2.24, 2.45) is 0 Å². The van der Waals surface area contributed by atoms with Gasteiger partial charge in [-0.25, -0.2) is 28.2 Å². The molecular formula is C22H17ClN4O5S. The Kier molecular flexibility index (Phi) is 6.03. The van der Waals surface area contributed by atoms with Gasteiger partial charge in [-0.1, -0.05) is 41.9 Å². The van der Waals surface area contributed by atoms with Crippen molar-refractivity contribution in [2.45, 2.75) is 11.8 Å². The van der Waals surface area contributed by atoms with Crippen LogP contribution < -0.4 is 14.8 Å². The summed E-state index contributed by atoms with van der Waals surface area (Å²) in [6.07, 6.45) is 2.44. The number of pyridine rings is 1. The van der Waals surface area contributed by atoms with Gasteiger partial charge in [-0.3, -0.25) is 4.72 Å². The van der Waals surface area contributed by atoms with Gasteiger partial charge in [0.2, 0.25) is 0 Å². The van der Waals surface area contributed by atoms with E-state index >= 15 is 0 Å². The minimum atomic E-state index is -4.06. The lowest BCUT2D eigenvalue weighted by Crippen LogP contribution is -2.34. The summed E-state index contributed by atoms with van der Waals surface area (Å²) in [6.45, 7) is 1.47. The average Bonchev–Trinajstić information content (AvgIpc) is 3.28. The van der Waals surface area contributed by atoms with Gasteiger partial charge in [0.25, 0.3) is 15.8 Å². The van der Waals surface area contributed by atoms with Crippen LogP contribution in [0.2, 0.25) is 5.02 Å². The molecular weight excluding hydrogens is 468 g/mol. The first-order valence-electron chi connectivity index (χ1n) is 9.58. The van der Waals surface area contributed by atoms with Crippen molar-refractivity contribution in [2.75, 3.05) is 10.0 Å². The number of carbonyl (C=O) groups excluding carboxylic acids is 1. The highest BCUT2D eigenvalue weighted by atomic mass is 35.5. The largest absolute Gasteiger partial charge is 0.711 e. The standard InChI is InChI=1S/C22H17ClN4O5S/c1-14-13-27(29)20(11-19(14)33(30,31)26-17-9-7-16(23)8-10-17)25-21(28)22-24-12-18(32-22)15-5-3-2-4-6-15/h2-13,26H,1H3,(H,25,28). The van der Waals surface area contributed by atoms with E-state index in [2.05, 4.69) is 15.0 Å².